The molecule has 0 aromatic heterocycles. The van der Waals surface area contributed by atoms with Crippen molar-refractivity contribution in [1.29, 1.82) is 0 Å². The molecule has 0 saturated heterocycles. The number of hydrogen-bond donors (Lipinski definition) is 1. The van der Waals surface area contributed by atoms with Gasteiger partial charge in [0.05, 0.1) is 21.2 Å². The van der Waals surface area contributed by atoms with Gasteiger partial charge in [0.15, 0.2) is 0 Å². The topological polar surface area (TPSA) is 86.8 Å². The minimum absolute atomic E-state index is 0.0251. The number of hydrogen-bond acceptors (Lipinski definition) is 4. The summed E-state index contributed by atoms with van der Waals surface area (Å²) >= 11 is 5.83. The van der Waals surface area contributed by atoms with E-state index in [1.807, 2.05) is 0 Å². The summed E-state index contributed by atoms with van der Waals surface area (Å²) in [4.78, 5) is 28.4. The van der Waals surface area contributed by atoms with Crippen LogP contribution in [0.2, 0.25) is 5.02 Å². The van der Waals surface area contributed by atoms with Gasteiger partial charge in [-0.25, -0.2) is 12.8 Å². The average Bonchev–Trinajstić information content (AvgIpc) is 3.02. The van der Waals surface area contributed by atoms with Crippen LogP contribution in [0, 0.1) is 12.7 Å². The number of carbonyl (C=O) groups excluding carboxylic acids is 2. The summed E-state index contributed by atoms with van der Waals surface area (Å²) in [6.07, 6.45) is -4.90. The van der Waals surface area contributed by atoms with Crippen LogP contribution in [0.15, 0.2) is 102 Å². The van der Waals surface area contributed by atoms with E-state index in [9.17, 15) is 35.6 Å². The second-order valence-corrected chi connectivity index (χ2v) is 12.7. The molecule has 0 aliphatic rings. The summed E-state index contributed by atoms with van der Waals surface area (Å²) in [6.45, 7) is 0.515. The molecule has 0 radical (unpaired) electrons. The van der Waals surface area contributed by atoms with Crippen LogP contribution in [0.25, 0.3) is 0 Å². The largest absolute Gasteiger partial charge is 0.417 e. The van der Waals surface area contributed by atoms with E-state index >= 15 is 0 Å². The smallest absolute Gasteiger partial charge is 0.357 e. The molecule has 4 rings (SSSR count). The van der Waals surface area contributed by atoms with Crippen molar-refractivity contribution >= 4 is 39.1 Å². The predicted molar refractivity (Wildman–Crippen MR) is 167 cm³/mol. The molecule has 7 nitrogen and oxygen atoms in total. The van der Waals surface area contributed by atoms with Crippen LogP contribution in [-0.2, 0) is 38.8 Å². The van der Waals surface area contributed by atoms with Crippen molar-refractivity contribution in [3.8, 4) is 0 Å². The lowest BCUT2D eigenvalue weighted by atomic mass is 10.0. The monoisotopic (exact) mass is 675 g/mol. The quantitative estimate of drug-likeness (QED) is 0.187. The third-order valence-corrected chi connectivity index (χ3v) is 9.33. The molecule has 13 heteroatoms. The Balaban J connectivity index is 1.84. The zero-order valence-corrected chi connectivity index (χ0v) is 26.3. The molecule has 0 bridgehead atoms. The molecule has 2 amide bonds. The summed E-state index contributed by atoms with van der Waals surface area (Å²) in [6, 6.07) is 20.9. The summed E-state index contributed by atoms with van der Waals surface area (Å²) < 4.78 is 83.9. The summed E-state index contributed by atoms with van der Waals surface area (Å²) in [7, 11) is -3.26. The fourth-order valence-electron chi connectivity index (χ4n) is 4.76. The van der Waals surface area contributed by atoms with Gasteiger partial charge in [-0.05, 0) is 60.5 Å². The third-order valence-electron chi connectivity index (χ3n) is 7.21. The maximum absolute atomic E-state index is 14.2. The van der Waals surface area contributed by atoms with Gasteiger partial charge in [0.1, 0.15) is 18.4 Å². The van der Waals surface area contributed by atoms with Crippen LogP contribution >= 0.6 is 11.6 Å². The van der Waals surface area contributed by atoms with E-state index in [0.717, 1.165) is 22.6 Å². The highest BCUT2D eigenvalue weighted by atomic mass is 35.5. The van der Waals surface area contributed by atoms with Crippen LogP contribution in [0.1, 0.15) is 22.3 Å². The molecule has 242 valence electrons. The number of nitrogens with one attached hydrogen (secondary N) is 1. The number of benzene rings is 4. The first-order valence-corrected chi connectivity index (χ1v) is 15.8. The van der Waals surface area contributed by atoms with Crippen LogP contribution in [0.4, 0.5) is 23.2 Å². The molecule has 46 heavy (non-hydrogen) atoms. The first-order valence-electron chi connectivity index (χ1n) is 14.0. The van der Waals surface area contributed by atoms with Gasteiger partial charge in [-0.3, -0.25) is 13.9 Å². The molecular weight excluding hydrogens is 646 g/mol. The van der Waals surface area contributed by atoms with Gasteiger partial charge >= 0.3 is 6.18 Å². The molecular formula is C33H30ClF4N3O4S. The van der Waals surface area contributed by atoms with Gasteiger partial charge in [-0.15, -0.1) is 0 Å². The fraction of sp³-hybridized carbons (Fsp3) is 0.212. The Labute approximate surface area is 269 Å². The van der Waals surface area contributed by atoms with Crippen molar-refractivity contribution in [3.63, 3.8) is 0 Å². The van der Waals surface area contributed by atoms with E-state index in [4.69, 9.17) is 11.6 Å². The highest BCUT2D eigenvalue weighted by molar-refractivity contribution is 7.92. The van der Waals surface area contributed by atoms with Crippen molar-refractivity contribution in [2.75, 3.05) is 17.9 Å². The Kier molecular flexibility index (Phi) is 10.7. The van der Waals surface area contributed by atoms with Gasteiger partial charge in [-0.2, -0.15) is 13.2 Å². The molecule has 0 saturated carbocycles. The number of rotatable bonds is 11. The van der Waals surface area contributed by atoms with Crippen molar-refractivity contribution < 1.29 is 35.6 Å². The molecule has 0 aliphatic carbocycles. The van der Waals surface area contributed by atoms with E-state index in [-0.39, 0.29) is 17.9 Å². The highest BCUT2D eigenvalue weighted by Gasteiger charge is 2.37. The minimum atomic E-state index is -4.93. The SMILES string of the molecule is CNC(=O)[C@H](Cc1ccccc1)N(Cc1ccc(F)cc1)C(=O)CN(c1ccc(Cl)c(C(F)(F)F)c1)S(=O)(=O)c1ccc(C)cc1. The zero-order valence-electron chi connectivity index (χ0n) is 24.8. The molecule has 0 aliphatic heterocycles. The first kappa shape index (κ1) is 34.5. The lowest BCUT2D eigenvalue weighted by molar-refractivity contribution is -0.139. The fourth-order valence-corrected chi connectivity index (χ4v) is 6.39. The number of alkyl halides is 3. The Hall–Kier alpha value is -4.42. The number of halogens is 5. The minimum Gasteiger partial charge on any atom is -0.357 e. The second-order valence-electron chi connectivity index (χ2n) is 10.5. The highest BCUT2D eigenvalue weighted by Crippen LogP contribution is 2.38. The molecule has 0 spiro atoms. The van der Waals surface area contributed by atoms with E-state index in [1.165, 1.54) is 55.6 Å². The van der Waals surface area contributed by atoms with Crippen LogP contribution < -0.4 is 9.62 Å². The van der Waals surface area contributed by atoms with Gasteiger partial charge in [0, 0.05) is 20.0 Å². The maximum atomic E-state index is 14.2. The number of aryl methyl sites for hydroxylation is 1. The van der Waals surface area contributed by atoms with Gasteiger partial charge in [-0.1, -0.05) is 71.8 Å². The number of anilines is 1. The zero-order chi connectivity index (χ0) is 33.6. The lowest BCUT2D eigenvalue weighted by Gasteiger charge is -2.33. The normalized spacial score (nSPS) is 12.3. The number of sulfonamides is 1. The van der Waals surface area contributed by atoms with E-state index in [1.54, 1.807) is 37.3 Å². The first-order chi connectivity index (χ1) is 21.7. The number of likely N-dealkylation sites (N-methyl/N-ethyl adjacent to an activating group) is 1. The molecule has 4 aromatic rings. The second kappa shape index (κ2) is 14.3. The number of amides is 2. The summed E-state index contributed by atoms with van der Waals surface area (Å²) in [5.74, 6) is -2.00. The van der Waals surface area contributed by atoms with Gasteiger partial charge in [0.2, 0.25) is 11.8 Å². The van der Waals surface area contributed by atoms with E-state index < -0.39 is 62.7 Å². The maximum Gasteiger partial charge on any atom is 0.417 e. The standard InChI is InChI=1S/C33H30ClF4N3O4S/c1-22-8-15-27(16-9-22)46(44,45)41(26-14-17-29(34)28(19-26)33(36,37)38)21-31(42)40(20-24-10-12-25(35)13-11-24)30(32(43)39-2)18-23-6-4-3-5-7-23/h3-17,19,30H,18,20-21H2,1-2H3,(H,39,43)/t30-/m0/s1. The van der Waals surface area contributed by atoms with Crippen molar-refractivity contribution in [2.45, 2.75) is 37.0 Å². The average molecular weight is 676 g/mol. The van der Waals surface area contributed by atoms with Crippen LogP contribution in [0.3, 0.4) is 0 Å². The van der Waals surface area contributed by atoms with Crippen LogP contribution in [-0.4, -0.2) is 44.8 Å². The molecule has 4 aromatic carbocycles. The Morgan fingerprint density at radius 1 is 0.891 bits per heavy atom. The summed E-state index contributed by atoms with van der Waals surface area (Å²) in [5.41, 5.74) is 0.0815. The molecule has 0 fully saturated rings. The molecule has 1 atom stereocenters. The van der Waals surface area contributed by atoms with Gasteiger partial charge < -0.3 is 10.2 Å². The molecule has 1 N–H and O–H groups in total. The van der Waals surface area contributed by atoms with Crippen molar-refractivity contribution in [3.05, 3.63) is 130 Å². The lowest BCUT2D eigenvalue weighted by Crippen LogP contribution is -2.53. The molecule has 0 unspecified atom stereocenters. The number of nitrogens with zero attached hydrogens (tertiary/aromatic N) is 2. The number of carbonyl (C=O) groups is 2. The van der Waals surface area contributed by atoms with Gasteiger partial charge in [0.25, 0.3) is 10.0 Å². The van der Waals surface area contributed by atoms with E-state index in [2.05, 4.69) is 5.32 Å². The predicted octanol–water partition coefficient (Wildman–Crippen LogP) is 6.39. The Morgan fingerprint density at radius 3 is 2.11 bits per heavy atom. The summed E-state index contributed by atoms with van der Waals surface area (Å²) in [5, 5.41) is 1.87. The van der Waals surface area contributed by atoms with E-state index in [0.29, 0.717) is 21.5 Å². The van der Waals surface area contributed by atoms with Crippen LogP contribution in [0.5, 0.6) is 0 Å². The Morgan fingerprint density at radius 2 is 1.52 bits per heavy atom. The van der Waals surface area contributed by atoms with Crippen molar-refractivity contribution in [2.24, 2.45) is 0 Å². The Bertz CT molecular complexity index is 1790. The van der Waals surface area contributed by atoms with Crippen molar-refractivity contribution in [1.82, 2.24) is 10.2 Å². The third kappa shape index (κ3) is 8.24. The molecule has 0 heterocycles.